The molecule has 26 heavy (non-hydrogen) atoms. The molecular formula is C19H23FN4O2. The van der Waals surface area contributed by atoms with Crippen LogP contribution in [0.15, 0.2) is 42.9 Å². The summed E-state index contributed by atoms with van der Waals surface area (Å²) in [7, 11) is 0. The van der Waals surface area contributed by atoms with Gasteiger partial charge in [-0.3, -0.25) is 9.78 Å². The minimum atomic E-state index is -1.04. The van der Waals surface area contributed by atoms with Crippen molar-refractivity contribution in [2.24, 2.45) is 0 Å². The van der Waals surface area contributed by atoms with E-state index in [2.05, 4.69) is 15.3 Å². The first-order valence-electron chi connectivity index (χ1n) is 8.58. The Labute approximate surface area is 152 Å². The lowest BCUT2D eigenvalue weighted by molar-refractivity contribution is -0.126. The molecular weight excluding hydrogens is 335 g/mol. The van der Waals surface area contributed by atoms with Gasteiger partial charge >= 0.3 is 0 Å². The summed E-state index contributed by atoms with van der Waals surface area (Å²) in [5.74, 6) is 0.0710. The number of carbonyl (C=O) groups excluding carboxylic acids is 1. The van der Waals surface area contributed by atoms with Gasteiger partial charge in [0.15, 0.2) is 0 Å². The van der Waals surface area contributed by atoms with E-state index in [0.717, 1.165) is 0 Å². The molecule has 1 aliphatic heterocycles. The normalized spacial score (nSPS) is 20.2. The molecule has 1 atom stereocenters. The standard InChI is InChI=1S/C19H23FN4O2/c1-18(2,14-4-3-5-15(20)10-14)17(25)23-12-19(26)6-9-24(13-19)16-11-21-7-8-22-16/h3-5,7-8,10-11,26H,6,9,12-13H2,1-2H3,(H,23,25)/t19-/m1/s1. The number of amides is 1. The van der Waals surface area contributed by atoms with Gasteiger partial charge in [0.2, 0.25) is 5.91 Å². The fourth-order valence-corrected chi connectivity index (χ4v) is 3.12. The number of hydrogen-bond donors (Lipinski definition) is 2. The van der Waals surface area contributed by atoms with Crippen molar-refractivity contribution < 1.29 is 14.3 Å². The zero-order valence-corrected chi connectivity index (χ0v) is 14.9. The molecule has 0 unspecified atom stereocenters. The zero-order chi connectivity index (χ0) is 18.8. The van der Waals surface area contributed by atoms with Gasteiger partial charge in [0, 0.05) is 32.0 Å². The van der Waals surface area contributed by atoms with Gasteiger partial charge in [-0.2, -0.15) is 0 Å². The fourth-order valence-electron chi connectivity index (χ4n) is 3.12. The fraction of sp³-hybridized carbons (Fsp3) is 0.421. The number of nitrogens with zero attached hydrogens (tertiary/aromatic N) is 3. The van der Waals surface area contributed by atoms with Crippen LogP contribution in [0.2, 0.25) is 0 Å². The van der Waals surface area contributed by atoms with E-state index < -0.39 is 11.0 Å². The molecule has 1 aromatic carbocycles. The van der Waals surface area contributed by atoms with Crippen molar-refractivity contribution in [3.05, 3.63) is 54.2 Å². The number of aromatic nitrogens is 2. The van der Waals surface area contributed by atoms with Gasteiger partial charge in [-0.1, -0.05) is 12.1 Å². The Balaban J connectivity index is 1.62. The van der Waals surface area contributed by atoms with Crippen molar-refractivity contribution in [1.29, 1.82) is 0 Å². The van der Waals surface area contributed by atoms with Gasteiger partial charge < -0.3 is 15.3 Å². The van der Waals surface area contributed by atoms with E-state index in [9.17, 15) is 14.3 Å². The van der Waals surface area contributed by atoms with Crippen LogP contribution < -0.4 is 10.2 Å². The third-order valence-corrected chi connectivity index (χ3v) is 4.90. The minimum absolute atomic E-state index is 0.126. The number of β-amino-alcohol motifs (C(OH)–C–C–N with tert-alkyl or cyclic N) is 1. The lowest BCUT2D eigenvalue weighted by Gasteiger charge is -2.28. The molecule has 6 nitrogen and oxygen atoms in total. The van der Waals surface area contributed by atoms with Gasteiger partial charge in [-0.15, -0.1) is 0 Å². The summed E-state index contributed by atoms with van der Waals surface area (Å²) < 4.78 is 13.5. The molecule has 0 bridgehead atoms. The maximum Gasteiger partial charge on any atom is 0.230 e. The van der Waals surface area contributed by atoms with Crippen LogP contribution in [0.5, 0.6) is 0 Å². The minimum Gasteiger partial charge on any atom is -0.386 e. The Morgan fingerprint density at radius 1 is 1.42 bits per heavy atom. The van der Waals surface area contributed by atoms with E-state index in [4.69, 9.17) is 0 Å². The summed E-state index contributed by atoms with van der Waals surface area (Å²) in [6, 6.07) is 6.02. The Morgan fingerprint density at radius 2 is 2.23 bits per heavy atom. The number of halogens is 1. The highest BCUT2D eigenvalue weighted by Gasteiger charge is 2.38. The summed E-state index contributed by atoms with van der Waals surface area (Å²) in [6.07, 6.45) is 5.37. The van der Waals surface area contributed by atoms with E-state index in [1.165, 1.54) is 12.1 Å². The Kier molecular flexibility index (Phi) is 4.91. The summed E-state index contributed by atoms with van der Waals surface area (Å²) in [5, 5.41) is 13.6. The number of hydrogen-bond acceptors (Lipinski definition) is 5. The van der Waals surface area contributed by atoms with Gasteiger partial charge in [0.1, 0.15) is 17.2 Å². The topological polar surface area (TPSA) is 78.4 Å². The summed E-state index contributed by atoms with van der Waals surface area (Å²) in [6.45, 7) is 4.61. The maximum atomic E-state index is 13.5. The van der Waals surface area contributed by atoms with Crippen molar-refractivity contribution in [3.63, 3.8) is 0 Å². The molecule has 7 heteroatoms. The van der Waals surface area contributed by atoms with Gasteiger partial charge in [0.25, 0.3) is 0 Å². The van der Waals surface area contributed by atoms with Gasteiger partial charge in [-0.25, -0.2) is 9.37 Å². The highest BCUT2D eigenvalue weighted by atomic mass is 19.1. The zero-order valence-electron chi connectivity index (χ0n) is 14.9. The third kappa shape index (κ3) is 3.83. The first kappa shape index (κ1) is 18.3. The predicted octanol–water partition coefficient (Wildman–Crippen LogP) is 1.65. The second-order valence-corrected chi connectivity index (χ2v) is 7.28. The second-order valence-electron chi connectivity index (χ2n) is 7.28. The SMILES string of the molecule is CC(C)(C(=O)NC[C@]1(O)CCN(c2cnccn2)C1)c1cccc(F)c1. The molecule has 0 aliphatic carbocycles. The lowest BCUT2D eigenvalue weighted by atomic mass is 9.83. The van der Waals surface area contributed by atoms with E-state index in [-0.39, 0.29) is 18.3 Å². The number of aliphatic hydroxyl groups is 1. The van der Waals surface area contributed by atoms with Crippen LogP contribution >= 0.6 is 0 Å². The maximum absolute atomic E-state index is 13.5. The Bertz CT molecular complexity index is 784. The average molecular weight is 358 g/mol. The first-order valence-corrected chi connectivity index (χ1v) is 8.58. The number of nitrogens with one attached hydrogen (secondary N) is 1. The average Bonchev–Trinajstić information content (AvgIpc) is 3.03. The van der Waals surface area contributed by atoms with Crippen molar-refractivity contribution in [3.8, 4) is 0 Å². The molecule has 1 aromatic heterocycles. The molecule has 0 spiro atoms. The molecule has 1 aliphatic rings. The number of benzene rings is 1. The molecule has 0 radical (unpaired) electrons. The van der Waals surface area contributed by atoms with Gasteiger partial charge in [-0.05, 0) is 38.0 Å². The monoisotopic (exact) mass is 358 g/mol. The summed E-state index contributed by atoms with van der Waals surface area (Å²) in [4.78, 5) is 22.9. The van der Waals surface area contributed by atoms with Gasteiger partial charge in [0.05, 0.1) is 11.6 Å². The van der Waals surface area contributed by atoms with Crippen molar-refractivity contribution in [2.75, 3.05) is 24.5 Å². The summed E-state index contributed by atoms with van der Waals surface area (Å²) in [5.41, 5.74) is -1.35. The van der Waals surface area contributed by atoms with E-state index >= 15 is 0 Å². The molecule has 2 N–H and O–H groups in total. The summed E-state index contributed by atoms with van der Waals surface area (Å²) >= 11 is 0. The molecule has 1 amide bonds. The molecule has 138 valence electrons. The predicted molar refractivity (Wildman–Crippen MR) is 96.2 cm³/mol. The second kappa shape index (κ2) is 6.99. The molecule has 0 saturated carbocycles. The van der Waals surface area contributed by atoms with Crippen LogP contribution in [-0.4, -0.2) is 46.2 Å². The first-order chi connectivity index (χ1) is 12.3. The van der Waals surface area contributed by atoms with E-state index in [1.54, 1.807) is 44.6 Å². The van der Waals surface area contributed by atoms with Crippen LogP contribution in [-0.2, 0) is 10.2 Å². The van der Waals surface area contributed by atoms with Crippen LogP contribution in [0.1, 0.15) is 25.8 Å². The highest BCUT2D eigenvalue weighted by molar-refractivity contribution is 5.87. The smallest absolute Gasteiger partial charge is 0.230 e. The van der Waals surface area contributed by atoms with E-state index in [1.807, 2.05) is 4.90 Å². The molecule has 2 aromatic rings. The quantitative estimate of drug-likeness (QED) is 0.850. The van der Waals surface area contributed by atoms with Crippen LogP contribution in [0.3, 0.4) is 0 Å². The van der Waals surface area contributed by atoms with Crippen molar-refractivity contribution >= 4 is 11.7 Å². The van der Waals surface area contributed by atoms with Crippen LogP contribution in [0.4, 0.5) is 10.2 Å². The Hall–Kier alpha value is -2.54. The van der Waals surface area contributed by atoms with Crippen molar-refractivity contribution in [2.45, 2.75) is 31.3 Å². The van der Waals surface area contributed by atoms with Crippen LogP contribution in [0, 0.1) is 5.82 Å². The van der Waals surface area contributed by atoms with E-state index in [0.29, 0.717) is 30.9 Å². The largest absolute Gasteiger partial charge is 0.386 e. The number of carbonyl (C=O) groups is 1. The lowest BCUT2D eigenvalue weighted by Crippen LogP contribution is -2.49. The molecule has 1 fully saturated rings. The highest BCUT2D eigenvalue weighted by Crippen LogP contribution is 2.27. The number of anilines is 1. The Morgan fingerprint density at radius 3 is 2.92 bits per heavy atom. The van der Waals surface area contributed by atoms with Crippen molar-refractivity contribution in [1.82, 2.24) is 15.3 Å². The molecule has 1 saturated heterocycles. The third-order valence-electron chi connectivity index (χ3n) is 4.90. The molecule has 2 heterocycles. The van der Waals surface area contributed by atoms with Crippen LogP contribution in [0.25, 0.3) is 0 Å². The number of rotatable bonds is 5. The molecule has 3 rings (SSSR count).